The van der Waals surface area contributed by atoms with E-state index in [2.05, 4.69) is 53.2 Å². The largest absolute Gasteiger partial charge is 0.361 e. The van der Waals surface area contributed by atoms with Crippen molar-refractivity contribution in [1.82, 2.24) is 25.1 Å². The topological polar surface area (TPSA) is 71.4 Å². The first kappa shape index (κ1) is 18.8. The minimum Gasteiger partial charge on any atom is -0.361 e. The molecule has 0 spiro atoms. The van der Waals surface area contributed by atoms with Gasteiger partial charge in [-0.15, -0.1) is 11.3 Å². The summed E-state index contributed by atoms with van der Waals surface area (Å²) in [5.41, 5.74) is 1.58. The van der Waals surface area contributed by atoms with Crippen molar-refractivity contribution >= 4 is 27.3 Å². The first-order chi connectivity index (χ1) is 13.1. The number of rotatable bonds is 5. The van der Waals surface area contributed by atoms with Gasteiger partial charge in [-0.1, -0.05) is 10.3 Å². The molecule has 1 aliphatic rings. The van der Waals surface area contributed by atoms with E-state index in [0.29, 0.717) is 24.0 Å². The molecule has 0 bridgehead atoms. The molecule has 3 aromatic heterocycles. The van der Waals surface area contributed by atoms with Crippen molar-refractivity contribution in [1.29, 1.82) is 0 Å². The van der Waals surface area contributed by atoms with E-state index >= 15 is 0 Å². The summed E-state index contributed by atoms with van der Waals surface area (Å²) >= 11 is 5.35. The highest BCUT2D eigenvalue weighted by Gasteiger charge is 2.21. The third kappa shape index (κ3) is 4.48. The van der Waals surface area contributed by atoms with Crippen molar-refractivity contribution < 1.29 is 9.05 Å². The van der Waals surface area contributed by atoms with E-state index in [1.54, 1.807) is 0 Å². The van der Waals surface area contributed by atoms with Gasteiger partial charge in [0.15, 0.2) is 5.82 Å². The Morgan fingerprint density at radius 1 is 1.04 bits per heavy atom. The Bertz CT molecular complexity index is 886. The molecular weight excluding hydrogens is 430 g/mol. The van der Waals surface area contributed by atoms with Crippen LogP contribution in [-0.4, -0.2) is 51.3 Å². The summed E-state index contributed by atoms with van der Waals surface area (Å²) in [6.45, 7) is 9.65. The van der Waals surface area contributed by atoms with Gasteiger partial charge < -0.3 is 9.05 Å². The van der Waals surface area contributed by atoms with Crippen molar-refractivity contribution in [2.24, 2.45) is 0 Å². The third-order valence-corrected chi connectivity index (χ3v) is 6.38. The number of hydrogen-bond donors (Lipinski definition) is 0. The number of thiophene rings is 1. The molecule has 1 aliphatic heterocycles. The zero-order chi connectivity index (χ0) is 18.8. The monoisotopic (exact) mass is 451 g/mol. The average Bonchev–Trinajstić information content (AvgIpc) is 3.29. The van der Waals surface area contributed by atoms with Gasteiger partial charge in [-0.3, -0.25) is 9.80 Å². The second kappa shape index (κ2) is 8.22. The highest BCUT2D eigenvalue weighted by molar-refractivity contribution is 9.11. The smallest absolute Gasteiger partial charge is 0.263 e. The number of aryl methyl sites for hydroxylation is 2. The molecule has 1 saturated heterocycles. The standard InChI is InChI=1S/C18H22BrN5O2S/c1-12-17(13(2)25-21-12)18-20-16(22-26-18)11-24-7-3-6-23(8-9-24)10-14-4-5-15(19)27-14/h4-5H,3,6-11H2,1-2H3. The van der Waals surface area contributed by atoms with Crippen LogP contribution < -0.4 is 0 Å². The molecular formula is C18H22BrN5O2S. The quantitative estimate of drug-likeness (QED) is 0.582. The number of nitrogens with zero attached hydrogens (tertiary/aromatic N) is 5. The molecule has 0 amide bonds. The predicted octanol–water partition coefficient (Wildman–Crippen LogP) is 3.87. The molecule has 0 atom stereocenters. The molecule has 27 heavy (non-hydrogen) atoms. The summed E-state index contributed by atoms with van der Waals surface area (Å²) < 4.78 is 11.8. The molecule has 0 unspecified atom stereocenters. The normalized spacial score (nSPS) is 16.7. The Labute approximate surface area is 170 Å². The van der Waals surface area contributed by atoms with Gasteiger partial charge in [0, 0.05) is 24.5 Å². The van der Waals surface area contributed by atoms with Crippen molar-refractivity contribution in [2.75, 3.05) is 26.2 Å². The molecule has 1 fully saturated rings. The van der Waals surface area contributed by atoms with Gasteiger partial charge in [-0.2, -0.15) is 4.98 Å². The maximum atomic E-state index is 5.44. The first-order valence-electron chi connectivity index (χ1n) is 9.03. The van der Waals surface area contributed by atoms with Gasteiger partial charge in [0.05, 0.1) is 16.0 Å². The first-order valence-corrected chi connectivity index (χ1v) is 10.6. The molecule has 7 nitrogen and oxygen atoms in total. The SMILES string of the molecule is Cc1noc(C)c1-c1nc(CN2CCCN(Cc3ccc(Br)s3)CC2)no1. The highest BCUT2D eigenvalue weighted by Crippen LogP contribution is 2.26. The summed E-state index contributed by atoms with van der Waals surface area (Å²) in [6, 6.07) is 4.32. The molecule has 4 heterocycles. The van der Waals surface area contributed by atoms with E-state index in [9.17, 15) is 0 Å². The van der Waals surface area contributed by atoms with Crippen LogP contribution in [-0.2, 0) is 13.1 Å². The summed E-state index contributed by atoms with van der Waals surface area (Å²) in [6.07, 6.45) is 1.14. The van der Waals surface area contributed by atoms with Gasteiger partial charge in [-0.05, 0) is 61.4 Å². The third-order valence-electron chi connectivity index (χ3n) is 4.77. The number of halogens is 1. The van der Waals surface area contributed by atoms with Crippen LogP contribution in [0.1, 0.15) is 28.6 Å². The van der Waals surface area contributed by atoms with Gasteiger partial charge in [0.1, 0.15) is 11.3 Å². The van der Waals surface area contributed by atoms with E-state index in [0.717, 1.165) is 50.4 Å². The molecule has 4 rings (SSSR count). The lowest BCUT2D eigenvalue weighted by atomic mass is 10.2. The van der Waals surface area contributed by atoms with Crippen LogP contribution in [0.5, 0.6) is 0 Å². The molecule has 9 heteroatoms. The number of hydrogen-bond acceptors (Lipinski definition) is 8. The number of aromatic nitrogens is 3. The molecule has 0 N–H and O–H groups in total. The van der Waals surface area contributed by atoms with E-state index in [-0.39, 0.29) is 0 Å². The highest BCUT2D eigenvalue weighted by atomic mass is 79.9. The fourth-order valence-corrected chi connectivity index (χ4v) is 4.93. The minimum absolute atomic E-state index is 0.487. The Morgan fingerprint density at radius 3 is 2.48 bits per heavy atom. The zero-order valence-electron chi connectivity index (χ0n) is 15.4. The van der Waals surface area contributed by atoms with E-state index in [4.69, 9.17) is 9.05 Å². The van der Waals surface area contributed by atoms with Crippen LogP contribution in [0.15, 0.2) is 25.0 Å². The van der Waals surface area contributed by atoms with Crippen molar-refractivity contribution in [3.05, 3.63) is 38.1 Å². The van der Waals surface area contributed by atoms with Crippen LogP contribution in [0.3, 0.4) is 0 Å². The van der Waals surface area contributed by atoms with Crippen molar-refractivity contribution in [3.8, 4) is 11.5 Å². The molecule has 0 radical (unpaired) electrons. The molecule has 0 saturated carbocycles. The fraction of sp³-hybridized carbons (Fsp3) is 0.500. The average molecular weight is 452 g/mol. The molecule has 3 aromatic rings. The summed E-state index contributed by atoms with van der Waals surface area (Å²) in [5, 5.41) is 8.11. The van der Waals surface area contributed by atoms with Crippen molar-refractivity contribution in [2.45, 2.75) is 33.4 Å². The summed E-state index contributed by atoms with van der Waals surface area (Å²) in [7, 11) is 0. The van der Waals surface area contributed by atoms with E-state index < -0.39 is 0 Å². The Kier molecular flexibility index (Phi) is 5.72. The zero-order valence-corrected chi connectivity index (χ0v) is 17.8. The fourth-order valence-electron chi connectivity index (χ4n) is 3.41. The van der Waals surface area contributed by atoms with Crippen LogP contribution in [0.25, 0.3) is 11.5 Å². The maximum absolute atomic E-state index is 5.44. The van der Waals surface area contributed by atoms with Gasteiger partial charge >= 0.3 is 0 Å². The Hall–Kier alpha value is -1.55. The summed E-state index contributed by atoms with van der Waals surface area (Å²) in [4.78, 5) is 10.9. The predicted molar refractivity (Wildman–Crippen MR) is 106 cm³/mol. The van der Waals surface area contributed by atoms with Crippen LogP contribution in [0, 0.1) is 13.8 Å². The summed E-state index contributed by atoms with van der Waals surface area (Å²) in [5.74, 6) is 1.90. The van der Waals surface area contributed by atoms with Crippen LogP contribution >= 0.6 is 27.3 Å². The second-order valence-electron chi connectivity index (χ2n) is 6.83. The Morgan fingerprint density at radius 2 is 1.81 bits per heavy atom. The van der Waals surface area contributed by atoms with Crippen LogP contribution in [0.2, 0.25) is 0 Å². The molecule has 0 aromatic carbocycles. The Balaban J connectivity index is 1.35. The lowest BCUT2D eigenvalue weighted by Crippen LogP contribution is -2.30. The van der Waals surface area contributed by atoms with E-state index in [1.807, 2.05) is 25.2 Å². The van der Waals surface area contributed by atoms with Gasteiger partial charge in [0.2, 0.25) is 0 Å². The lowest BCUT2D eigenvalue weighted by molar-refractivity contribution is 0.242. The minimum atomic E-state index is 0.487. The second-order valence-corrected chi connectivity index (χ2v) is 9.37. The molecule has 0 aliphatic carbocycles. The van der Waals surface area contributed by atoms with Crippen molar-refractivity contribution in [3.63, 3.8) is 0 Å². The maximum Gasteiger partial charge on any atom is 0.263 e. The van der Waals surface area contributed by atoms with Gasteiger partial charge in [-0.25, -0.2) is 0 Å². The van der Waals surface area contributed by atoms with E-state index in [1.165, 1.54) is 8.66 Å². The lowest BCUT2D eigenvalue weighted by Gasteiger charge is -2.20. The van der Waals surface area contributed by atoms with Crippen LogP contribution in [0.4, 0.5) is 0 Å². The van der Waals surface area contributed by atoms with Gasteiger partial charge in [0.25, 0.3) is 5.89 Å². The molecule has 144 valence electrons.